The normalized spacial score (nSPS) is 13.4. The summed E-state index contributed by atoms with van der Waals surface area (Å²) in [5, 5.41) is 2.69. The van der Waals surface area contributed by atoms with E-state index < -0.39 is 17.4 Å². The average Bonchev–Trinajstić information content (AvgIpc) is 3.22. The van der Waals surface area contributed by atoms with Crippen LogP contribution in [-0.2, 0) is 0 Å². The molecule has 0 spiro atoms. The number of benzene rings is 2. The van der Waals surface area contributed by atoms with Crippen LogP contribution in [0.1, 0.15) is 20.7 Å². The summed E-state index contributed by atoms with van der Waals surface area (Å²) >= 11 is 0. The van der Waals surface area contributed by atoms with Gasteiger partial charge in [0.25, 0.3) is 23.2 Å². The van der Waals surface area contributed by atoms with E-state index in [4.69, 9.17) is 0 Å². The van der Waals surface area contributed by atoms with Crippen LogP contribution in [0.4, 0.5) is 5.95 Å². The van der Waals surface area contributed by atoms with Crippen molar-refractivity contribution in [3.05, 3.63) is 82.1 Å². The molecule has 0 radical (unpaired) electrons. The highest BCUT2D eigenvalue weighted by molar-refractivity contribution is 6.33. The van der Waals surface area contributed by atoms with Crippen LogP contribution in [0.5, 0.6) is 0 Å². The highest BCUT2D eigenvalue weighted by atomic mass is 16.2. The zero-order chi connectivity index (χ0) is 18.5. The quantitative estimate of drug-likeness (QED) is 0.552. The van der Waals surface area contributed by atoms with Crippen LogP contribution >= 0.6 is 0 Å². The van der Waals surface area contributed by atoms with Crippen molar-refractivity contribution >= 4 is 23.5 Å². The first-order chi connectivity index (χ1) is 13.1. The molecular formula is C19H11N5O3. The van der Waals surface area contributed by atoms with Crippen LogP contribution < -0.4 is 10.5 Å². The highest BCUT2D eigenvalue weighted by Gasteiger charge is 2.38. The number of nitrogens with one attached hydrogen (secondary N) is 1. The summed E-state index contributed by atoms with van der Waals surface area (Å²) in [6, 6.07) is 17.1. The van der Waals surface area contributed by atoms with Gasteiger partial charge in [0.2, 0.25) is 5.95 Å². The van der Waals surface area contributed by atoms with E-state index in [0.717, 1.165) is 15.0 Å². The number of hydrogen-bond donors (Lipinski definition) is 1. The molecule has 0 saturated heterocycles. The fourth-order valence-corrected chi connectivity index (χ4v) is 3.11. The monoisotopic (exact) mass is 357 g/mol. The largest absolute Gasteiger partial charge is 0.274 e. The molecule has 8 nitrogen and oxygen atoms in total. The Morgan fingerprint density at radius 3 is 2.07 bits per heavy atom. The van der Waals surface area contributed by atoms with Gasteiger partial charge in [-0.1, -0.05) is 42.5 Å². The third kappa shape index (κ3) is 2.20. The number of amides is 2. The maximum absolute atomic E-state index is 12.6. The summed E-state index contributed by atoms with van der Waals surface area (Å²) in [5.74, 6) is -0.958. The molecule has 2 aromatic heterocycles. The third-order valence-corrected chi connectivity index (χ3v) is 4.39. The maximum Gasteiger partial charge on any atom is 0.274 e. The molecule has 130 valence electrons. The Morgan fingerprint density at radius 1 is 0.778 bits per heavy atom. The number of H-pyrrole nitrogens is 1. The molecule has 27 heavy (non-hydrogen) atoms. The van der Waals surface area contributed by atoms with E-state index in [2.05, 4.69) is 15.1 Å². The minimum atomic E-state index is -0.494. The molecule has 1 N–H and O–H groups in total. The number of hydrogen-bond acceptors (Lipinski definition) is 5. The molecule has 3 heterocycles. The van der Waals surface area contributed by atoms with Gasteiger partial charge in [-0.25, -0.2) is 9.88 Å². The average molecular weight is 357 g/mol. The molecule has 4 aromatic rings. The zero-order valence-electron chi connectivity index (χ0n) is 13.8. The lowest BCUT2D eigenvalue weighted by Crippen LogP contribution is -2.30. The first-order valence-corrected chi connectivity index (χ1v) is 8.16. The standard InChI is InChI=1S/C19H11N5O3/c25-15-10-14(11-6-2-1-3-7-11)20-18-21-19(22-24(15)18)23-16(26)12-8-4-5-9-13(12)17(23)27/h1-10H,(H,20,21,22). The number of carbonyl (C=O) groups excluding carboxylic acids is 2. The Balaban J connectivity index is 1.64. The van der Waals surface area contributed by atoms with Crippen molar-refractivity contribution in [2.45, 2.75) is 0 Å². The van der Waals surface area contributed by atoms with Crippen LogP contribution in [-0.4, -0.2) is 31.4 Å². The number of aromatic nitrogens is 4. The molecule has 1 aliphatic rings. The van der Waals surface area contributed by atoms with Crippen molar-refractivity contribution in [2.24, 2.45) is 0 Å². The van der Waals surface area contributed by atoms with Crippen LogP contribution in [0.2, 0.25) is 0 Å². The smallest absolute Gasteiger partial charge is 0.268 e. The second-order valence-corrected chi connectivity index (χ2v) is 6.02. The fourth-order valence-electron chi connectivity index (χ4n) is 3.11. The molecule has 0 bridgehead atoms. The molecule has 0 saturated carbocycles. The van der Waals surface area contributed by atoms with E-state index in [9.17, 15) is 14.4 Å². The number of imide groups is 1. The van der Waals surface area contributed by atoms with Crippen molar-refractivity contribution in [1.82, 2.24) is 19.6 Å². The Hall–Kier alpha value is -4.07. The van der Waals surface area contributed by atoms with Gasteiger partial charge in [-0.05, 0) is 12.1 Å². The van der Waals surface area contributed by atoms with Crippen molar-refractivity contribution in [1.29, 1.82) is 0 Å². The van der Waals surface area contributed by atoms with Gasteiger partial charge in [-0.15, -0.1) is 0 Å². The van der Waals surface area contributed by atoms with E-state index in [1.165, 1.54) is 6.07 Å². The highest BCUT2D eigenvalue weighted by Crippen LogP contribution is 2.26. The summed E-state index contributed by atoms with van der Waals surface area (Å²) in [7, 11) is 0. The molecule has 2 aromatic carbocycles. The number of nitrogens with zero attached hydrogens (tertiary/aromatic N) is 4. The second-order valence-electron chi connectivity index (χ2n) is 6.02. The van der Waals surface area contributed by atoms with Crippen molar-refractivity contribution < 1.29 is 9.59 Å². The van der Waals surface area contributed by atoms with Gasteiger partial charge < -0.3 is 0 Å². The Kier molecular flexibility index (Phi) is 3.08. The van der Waals surface area contributed by atoms with Gasteiger partial charge >= 0.3 is 0 Å². The molecule has 0 aliphatic carbocycles. The molecule has 0 atom stereocenters. The molecule has 0 unspecified atom stereocenters. The summed E-state index contributed by atoms with van der Waals surface area (Å²) in [6.45, 7) is 0. The van der Waals surface area contributed by atoms with Gasteiger partial charge in [0.1, 0.15) is 0 Å². The van der Waals surface area contributed by atoms with Gasteiger partial charge in [0, 0.05) is 11.6 Å². The van der Waals surface area contributed by atoms with Crippen molar-refractivity contribution in [3.63, 3.8) is 0 Å². The van der Waals surface area contributed by atoms with Crippen LogP contribution in [0.3, 0.4) is 0 Å². The fraction of sp³-hybridized carbons (Fsp3) is 0. The van der Waals surface area contributed by atoms with Crippen LogP contribution in [0.25, 0.3) is 17.0 Å². The lowest BCUT2D eigenvalue weighted by atomic mass is 10.1. The number of carbonyl (C=O) groups is 2. The van der Waals surface area contributed by atoms with Gasteiger partial charge in [-0.2, -0.15) is 9.50 Å². The van der Waals surface area contributed by atoms with E-state index in [1.54, 1.807) is 24.3 Å². The third-order valence-electron chi connectivity index (χ3n) is 4.39. The SMILES string of the molecule is O=C1c2ccccc2C(=O)N1c1nc2nc(-c3ccccc3)cc(=O)n2[nH]1. The lowest BCUT2D eigenvalue weighted by molar-refractivity contribution is 0.0924. The van der Waals surface area contributed by atoms with Crippen molar-refractivity contribution in [3.8, 4) is 11.3 Å². The molecule has 0 fully saturated rings. The molecule has 2 amide bonds. The molecule has 8 heteroatoms. The second kappa shape index (κ2) is 5.46. The first-order valence-electron chi connectivity index (χ1n) is 8.16. The Bertz CT molecular complexity index is 1250. The van der Waals surface area contributed by atoms with E-state index in [0.29, 0.717) is 16.8 Å². The summed E-state index contributed by atoms with van der Waals surface area (Å²) < 4.78 is 1.10. The number of rotatable bonds is 2. The zero-order valence-corrected chi connectivity index (χ0v) is 13.8. The number of anilines is 1. The molecule has 1 aliphatic heterocycles. The van der Waals surface area contributed by atoms with E-state index in [1.807, 2.05) is 30.3 Å². The van der Waals surface area contributed by atoms with Crippen LogP contribution in [0.15, 0.2) is 65.5 Å². The minimum Gasteiger partial charge on any atom is -0.268 e. The summed E-state index contributed by atoms with van der Waals surface area (Å²) in [4.78, 5) is 47.1. The lowest BCUT2D eigenvalue weighted by Gasteiger charge is -2.08. The van der Waals surface area contributed by atoms with Crippen LogP contribution in [0, 0.1) is 0 Å². The molecule has 5 rings (SSSR count). The topological polar surface area (TPSA) is 100 Å². The number of aromatic amines is 1. The van der Waals surface area contributed by atoms with Gasteiger partial charge in [0.15, 0.2) is 0 Å². The predicted molar refractivity (Wildman–Crippen MR) is 96.6 cm³/mol. The summed E-state index contributed by atoms with van der Waals surface area (Å²) in [6.07, 6.45) is 0. The Morgan fingerprint density at radius 2 is 1.41 bits per heavy atom. The summed E-state index contributed by atoms with van der Waals surface area (Å²) in [5.41, 5.74) is 1.43. The van der Waals surface area contributed by atoms with Crippen molar-refractivity contribution in [2.75, 3.05) is 4.90 Å². The molecular weight excluding hydrogens is 346 g/mol. The van der Waals surface area contributed by atoms with E-state index >= 15 is 0 Å². The van der Waals surface area contributed by atoms with Gasteiger partial charge in [-0.3, -0.25) is 19.5 Å². The minimum absolute atomic E-state index is 0.0454. The van der Waals surface area contributed by atoms with E-state index in [-0.39, 0.29) is 11.7 Å². The number of fused-ring (bicyclic) bond motifs is 2. The first kappa shape index (κ1) is 15.2. The maximum atomic E-state index is 12.6. The van der Waals surface area contributed by atoms with Gasteiger partial charge in [0.05, 0.1) is 16.8 Å². The predicted octanol–water partition coefficient (Wildman–Crippen LogP) is 1.89. The Labute approximate surface area is 151 Å².